The summed E-state index contributed by atoms with van der Waals surface area (Å²) in [6, 6.07) is 11.5. The molecule has 0 saturated carbocycles. The minimum absolute atomic E-state index is 0.160. The highest BCUT2D eigenvalue weighted by molar-refractivity contribution is 7.89. The number of hydrogen-bond acceptors (Lipinski definition) is 3. The third-order valence-electron chi connectivity index (χ3n) is 3.27. The molecule has 0 saturated heterocycles. The highest BCUT2D eigenvalue weighted by Crippen LogP contribution is 2.20. The van der Waals surface area contributed by atoms with Crippen LogP contribution in [0.1, 0.15) is 22.3 Å². The molecule has 0 heterocycles. The minimum Gasteiger partial charge on any atom is -0.381 e. The summed E-state index contributed by atoms with van der Waals surface area (Å²) in [5.74, 6) is 0. The quantitative estimate of drug-likeness (QED) is 0.912. The lowest BCUT2D eigenvalue weighted by Crippen LogP contribution is -2.14. The Morgan fingerprint density at radius 1 is 1.00 bits per heavy atom. The van der Waals surface area contributed by atoms with Crippen LogP contribution in [0.15, 0.2) is 41.3 Å². The van der Waals surface area contributed by atoms with Crippen LogP contribution in [0.5, 0.6) is 0 Å². The van der Waals surface area contributed by atoms with E-state index in [1.54, 1.807) is 19.1 Å². The van der Waals surface area contributed by atoms with Crippen molar-refractivity contribution >= 4 is 15.7 Å². The normalized spacial score (nSPS) is 11.4. The van der Waals surface area contributed by atoms with E-state index in [0.717, 1.165) is 11.3 Å². The molecule has 3 N–H and O–H groups in total. The molecular formula is C16H20N2O2S. The predicted octanol–water partition coefficient (Wildman–Crippen LogP) is 2.87. The summed E-state index contributed by atoms with van der Waals surface area (Å²) in [5.41, 5.74) is 4.96. The lowest BCUT2D eigenvalue weighted by atomic mass is 10.1. The van der Waals surface area contributed by atoms with Crippen molar-refractivity contribution < 1.29 is 8.42 Å². The Morgan fingerprint density at radius 3 is 2.19 bits per heavy atom. The van der Waals surface area contributed by atoms with Crippen molar-refractivity contribution in [2.75, 3.05) is 5.32 Å². The van der Waals surface area contributed by atoms with Crippen LogP contribution >= 0.6 is 0 Å². The molecule has 0 bridgehead atoms. The Morgan fingerprint density at radius 2 is 1.62 bits per heavy atom. The molecule has 2 aromatic rings. The average Bonchev–Trinajstić information content (AvgIpc) is 2.35. The first-order valence-electron chi connectivity index (χ1n) is 6.70. The highest BCUT2D eigenvalue weighted by Gasteiger charge is 2.11. The molecule has 2 aromatic carbocycles. The Labute approximate surface area is 126 Å². The molecule has 0 radical (unpaired) electrons. The molecule has 0 aliphatic rings. The van der Waals surface area contributed by atoms with Gasteiger partial charge in [0, 0.05) is 12.2 Å². The lowest BCUT2D eigenvalue weighted by molar-refractivity contribution is 0.597. The van der Waals surface area contributed by atoms with E-state index < -0.39 is 10.0 Å². The Bertz CT molecular complexity index is 748. The van der Waals surface area contributed by atoms with Gasteiger partial charge in [0.25, 0.3) is 0 Å². The molecule has 2 rings (SSSR count). The third kappa shape index (κ3) is 4.06. The maximum Gasteiger partial charge on any atom is 0.238 e. The molecule has 0 amide bonds. The topological polar surface area (TPSA) is 72.2 Å². The number of nitrogens with one attached hydrogen (secondary N) is 1. The van der Waals surface area contributed by atoms with Crippen molar-refractivity contribution in [1.29, 1.82) is 0 Å². The molecule has 0 aliphatic heterocycles. The summed E-state index contributed by atoms with van der Waals surface area (Å²) in [5, 5.41) is 8.45. The monoisotopic (exact) mass is 304 g/mol. The lowest BCUT2D eigenvalue weighted by Gasteiger charge is -2.11. The summed E-state index contributed by atoms with van der Waals surface area (Å²) in [6.07, 6.45) is 0. The fraction of sp³-hybridized carbons (Fsp3) is 0.250. The van der Waals surface area contributed by atoms with Gasteiger partial charge in [-0.2, -0.15) is 0 Å². The maximum absolute atomic E-state index is 11.5. The number of aryl methyl sites for hydroxylation is 3. The van der Waals surface area contributed by atoms with Gasteiger partial charge in [0.05, 0.1) is 4.90 Å². The molecule has 21 heavy (non-hydrogen) atoms. The van der Waals surface area contributed by atoms with Crippen LogP contribution in [0.4, 0.5) is 5.69 Å². The molecule has 0 aromatic heterocycles. The highest BCUT2D eigenvalue weighted by atomic mass is 32.2. The van der Waals surface area contributed by atoms with Crippen molar-refractivity contribution in [3.8, 4) is 0 Å². The van der Waals surface area contributed by atoms with E-state index in [9.17, 15) is 8.42 Å². The summed E-state index contributed by atoms with van der Waals surface area (Å²) in [6.45, 7) is 6.48. The van der Waals surface area contributed by atoms with Crippen LogP contribution in [0.3, 0.4) is 0 Å². The first kappa shape index (κ1) is 15.5. The predicted molar refractivity (Wildman–Crippen MR) is 85.8 cm³/mol. The number of hydrogen-bond donors (Lipinski definition) is 2. The first-order chi connectivity index (χ1) is 9.75. The van der Waals surface area contributed by atoms with Gasteiger partial charge in [-0.3, -0.25) is 0 Å². The molecule has 112 valence electrons. The van der Waals surface area contributed by atoms with Gasteiger partial charge in [-0.25, -0.2) is 13.6 Å². The van der Waals surface area contributed by atoms with E-state index in [1.807, 2.05) is 6.07 Å². The summed E-state index contributed by atoms with van der Waals surface area (Å²) >= 11 is 0. The van der Waals surface area contributed by atoms with Gasteiger partial charge in [-0.15, -0.1) is 0 Å². The van der Waals surface area contributed by atoms with Gasteiger partial charge < -0.3 is 5.32 Å². The van der Waals surface area contributed by atoms with Gasteiger partial charge >= 0.3 is 0 Å². The van der Waals surface area contributed by atoms with Crippen LogP contribution in [-0.4, -0.2) is 8.42 Å². The zero-order valence-electron chi connectivity index (χ0n) is 12.5. The number of primary sulfonamides is 1. The SMILES string of the molecule is Cc1cc(C)cc(CNc2ccc(C)c(S(N)(=O)=O)c2)c1. The molecule has 0 aliphatic carbocycles. The molecule has 0 spiro atoms. The van der Waals surface area contributed by atoms with Gasteiger partial charge in [-0.05, 0) is 44.0 Å². The van der Waals surface area contributed by atoms with Crippen molar-refractivity contribution in [3.63, 3.8) is 0 Å². The zero-order chi connectivity index (χ0) is 15.6. The Hall–Kier alpha value is -1.85. The van der Waals surface area contributed by atoms with Crippen molar-refractivity contribution in [2.24, 2.45) is 5.14 Å². The van der Waals surface area contributed by atoms with Crippen molar-refractivity contribution in [3.05, 3.63) is 58.7 Å². The Kier molecular flexibility index (Phi) is 4.34. The van der Waals surface area contributed by atoms with E-state index in [0.29, 0.717) is 12.1 Å². The van der Waals surface area contributed by atoms with E-state index in [-0.39, 0.29) is 4.90 Å². The average molecular weight is 304 g/mol. The number of anilines is 1. The number of rotatable bonds is 4. The second kappa shape index (κ2) is 5.87. The second-order valence-corrected chi connectivity index (χ2v) is 6.90. The molecule has 0 fully saturated rings. The van der Waals surface area contributed by atoms with Crippen LogP contribution in [0.25, 0.3) is 0 Å². The van der Waals surface area contributed by atoms with E-state index in [1.165, 1.54) is 11.1 Å². The fourth-order valence-electron chi connectivity index (χ4n) is 2.39. The number of benzene rings is 2. The fourth-order valence-corrected chi connectivity index (χ4v) is 3.20. The number of sulfonamides is 1. The van der Waals surface area contributed by atoms with Crippen LogP contribution in [0, 0.1) is 20.8 Å². The van der Waals surface area contributed by atoms with Gasteiger partial charge in [0.15, 0.2) is 0 Å². The third-order valence-corrected chi connectivity index (χ3v) is 4.33. The van der Waals surface area contributed by atoms with E-state index in [4.69, 9.17) is 5.14 Å². The van der Waals surface area contributed by atoms with Gasteiger partial charge in [0.2, 0.25) is 10.0 Å². The first-order valence-corrected chi connectivity index (χ1v) is 8.25. The summed E-state index contributed by atoms with van der Waals surface area (Å²) in [4.78, 5) is 0.160. The van der Waals surface area contributed by atoms with Gasteiger partial charge in [0.1, 0.15) is 0 Å². The van der Waals surface area contributed by atoms with Gasteiger partial charge in [-0.1, -0.05) is 35.4 Å². The van der Waals surface area contributed by atoms with Crippen LogP contribution in [-0.2, 0) is 16.6 Å². The smallest absolute Gasteiger partial charge is 0.238 e. The molecule has 4 nitrogen and oxygen atoms in total. The molecule has 0 unspecified atom stereocenters. The van der Waals surface area contributed by atoms with Crippen LogP contribution in [0.2, 0.25) is 0 Å². The maximum atomic E-state index is 11.5. The largest absolute Gasteiger partial charge is 0.381 e. The van der Waals surface area contributed by atoms with Crippen molar-refractivity contribution in [2.45, 2.75) is 32.2 Å². The summed E-state index contributed by atoms with van der Waals surface area (Å²) < 4.78 is 23.0. The second-order valence-electron chi connectivity index (χ2n) is 5.37. The number of nitrogens with two attached hydrogens (primary N) is 1. The van der Waals surface area contributed by atoms with Crippen LogP contribution < -0.4 is 10.5 Å². The van der Waals surface area contributed by atoms with Crippen molar-refractivity contribution in [1.82, 2.24) is 0 Å². The van der Waals surface area contributed by atoms with E-state index >= 15 is 0 Å². The van der Waals surface area contributed by atoms with E-state index in [2.05, 4.69) is 37.4 Å². The molecule has 5 heteroatoms. The zero-order valence-corrected chi connectivity index (χ0v) is 13.3. The minimum atomic E-state index is -3.69. The molecular weight excluding hydrogens is 284 g/mol. The summed E-state index contributed by atoms with van der Waals surface area (Å²) in [7, 11) is -3.69. The molecule has 0 atom stereocenters. The Balaban J connectivity index is 2.21. The standard InChI is InChI=1S/C16H20N2O2S/c1-11-6-12(2)8-14(7-11)10-18-15-5-4-13(3)16(9-15)21(17,19)20/h4-9,18H,10H2,1-3H3,(H2,17,19,20).